The SMILES string of the molecule is C=C(/N=C\C(=C/C)c1ccc2sc(NC(=O)NCC)nc2c1)N1CCC(CC)(C(=O)O)CC1. The summed E-state index contributed by atoms with van der Waals surface area (Å²) in [6.07, 6.45) is 5.58. The van der Waals surface area contributed by atoms with Gasteiger partial charge in [-0.3, -0.25) is 10.1 Å². The molecular weight excluding hydrogens is 438 g/mol. The number of allylic oxidation sites excluding steroid dienone is 2. The normalized spacial score (nSPS) is 16.2. The first-order chi connectivity index (χ1) is 15.8. The average molecular weight is 470 g/mol. The van der Waals surface area contributed by atoms with E-state index in [0.29, 0.717) is 49.8 Å². The summed E-state index contributed by atoms with van der Waals surface area (Å²) in [4.78, 5) is 34.5. The summed E-state index contributed by atoms with van der Waals surface area (Å²) in [5.41, 5.74) is 2.06. The van der Waals surface area contributed by atoms with Crippen molar-refractivity contribution in [1.29, 1.82) is 0 Å². The van der Waals surface area contributed by atoms with Crippen molar-refractivity contribution >= 4 is 50.5 Å². The monoisotopic (exact) mass is 469 g/mol. The Kier molecular flexibility index (Phi) is 7.86. The molecule has 0 atom stereocenters. The molecule has 1 saturated heterocycles. The fourth-order valence-corrected chi connectivity index (χ4v) is 4.76. The Morgan fingerprint density at radius 1 is 1.33 bits per heavy atom. The molecule has 0 spiro atoms. The molecule has 9 heteroatoms. The standard InChI is InChI=1S/C24H31N5O3S/c1-5-17(15-26-16(4)29-12-10-24(6-2,11-13-29)21(30)31)18-8-9-20-19(14-18)27-23(33-20)28-22(32)25-7-3/h5,8-9,14-15H,4,6-7,10-13H2,1-3H3,(H,30,31)(H2,25,27,28,32)/b17-5+,26-15-. The van der Waals surface area contributed by atoms with Crippen LogP contribution in [0.2, 0.25) is 0 Å². The number of carbonyl (C=O) groups is 2. The second-order valence-corrected chi connectivity index (χ2v) is 9.06. The molecule has 0 unspecified atom stereocenters. The summed E-state index contributed by atoms with van der Waals surface area (Å²) < 4.78 is 0.980. The van der Waals surface area contributed by atoms with E-state index in [-0.39, 0.29) is 6.03 Å². The van der Waals surface area contributed by atoms with Crippen molar-refractivity contribution in [2.45, 2.75) is 40.0 Å². The Balaban J connectivity index is 1.68. The summed E-state index contributed by atoms with van der Waals surface area (Å²) in [5, 5.41) is 15.6. The van der Waals surface area contributed by atoms with Crippen LogP contribution in [0.4, 0.5) is 9.93 Å². The number of anilines is 1. The largest absolute Gasteiger partial charge is 0.481 e. The van der Waals surface area contributed by atoms with E-state index < -0.39 is 11.4 Å². The third-order valence-corrected chi connectivity index (χ3v) is 7.11. The van der Waals surface area contributed by atoms with Crippen LogP contribution in [-0.2, 0) is 4.79 Å². The molecule has 0 aliphatic carbocycles. The number of aliphatic carboxylic acids is 1. The van der Waals surface area contributed by atoms with Crippen LogP contribution >= 0.6 is 11.3 Å². The molecule has 176 valence electrons. The van der Waals surface area contributed by atoms with Crippen molar-refractivity contribution in [2.75, 3.05) is 25.0 Å². The summed E-state index contributed by atoms with van der Waals surface area (Å²) in [6.45, 7) is 11.6. The summed E-state index contributed by atoms with van der Waals surface area (Å²) in [5.74, 6) is -0.0793. The van der Waals surface area contributed by atoms with Gasteiger partial charge in [0.15, 0.2) is 5.13 Å². The van der Waals surface area contributed by atoms with Crippen molar-refractivity contribution in [3.63, 3.8) is 0 Å². The van der Waals surface area contributed by atoms with Gasteiger partial charge in [0.2, 0.25) is 0 Å². The molecule has 0 radical (unpaired) electrons. The number of carboxylic acids is 1. The number of nitrogens with zero attached hydrogens (tertiary/aromatic N) is 3. The van der Waals surface area contributed by atoms with E-state index in [2.05, 4.69) is 27.2 Å². The van der Waals surface area contributed by atoms with Crippen molar-refractivity contribution in [3.8, 4) is 0 Å². The Morgan fingerprint density at radius 2 is 2.06 bits per heavy atom. The van der Waals surface area contributed by atoms with Crippen molar-refractivity contribution in [3.05, 3.63) is 42.2 Å². The van der Waals surface area contributed by atoms with Gasteiger partial charge >= 0.3 is 12.0 Å². The number of amides is 2. The lowest BCUT2D eigenvalue weighted by Crippen LogP contribution is -2.43. The van der Waals surface area contributed by atoms with Crippen LogP contribution in [0.15, 0.2) is 41.7 Å². The number of fused-ring (bicyclic) bond motifs is 1. The maximum absolute atomic E-state index is 11.8. The van der Waals surface area contributed by atoms with Gasteiger partial charge in [-0.1, -0.05) is 37.0 Å². The number of benzene rings is 1. The molecule has 3 N–H and O–H groups in total. The van der Waals surface area contributed by atoms with Crippen LogP contribution in [0.25, 0.3) is 15.8 Å². The van der Waals surface area contributed by atoms with E-state index in [1.807, 2.05) is 49.9 Å². The van der Waals surface area contributed by atoms with Crippen LogP contribution in [0, 0.1) is 5.41 Å². The minimum Gasteiger partial charge on any atom is -0.481 e. The second-order valence-electron chi connectivity index (χ2n) is 8.03. The first-order valence-corrected chi connectivity index (χ1v) is 12.0. The quantitative estimate of drug-likeness (QED) is 0.474. The van der Waals surface area contributed by atoms with E-state index in [4.69, 9.17) is 0 Å². The van der Waals surface area contributed by atoms with Crippen LogP contribution in [0.3, 0.4) is 0 Å². The third kappa shape index (κ3) is 5.60. The molecule has 2 heterocycles. The number of hydrogen-bond acceptors (Lipinski definition) is 6. The first-order valence-electron chi connectivity index (χ1n) is 11.1. The average Bonchev–Trinajstić information content (AvgIpc) is 3.20. The number of carboxylic acid groups (broad SMARTS) is 1. The Bertz CT molecular complexity index is 1100. The second kappa shape index (κ2) is 10.6. The molecule has 0 saturated carbocycles. The lowest BCUT2D eigenvalue weighted by atomic mass is 9.76. The molecule has 33 heavy (non-hydrogen) atoms. The van der Waals surface area contributed by atoms with Crippen LogP contribution in [0.5, 0.6) is 0 Å². The van der Waals surface area contributed by atoms with Crippen LogP contribution in [-0.4, -0.2) is 52.8 Å². The zero-order chi connectivity index (χ0) is 24.0. The molecule has 1 aliphatic heterocycles. The van der Waals surface area contributed by atoms with Gasteiger partial charge in [-0.15, -0.1) is 0 Å². The Morgan fingerprint density at radius 3 is 2.67 bits per heavy atom. The maximum Gasteiger partial charge on any atom is 0.321 e. The molecule has 3 rings (SSSR count). The maximum atomic E-state index is 11.8. The number of aliphatic imine (C=N–C) groups is 1. The number of likely N-dealkylation sites (tertiary alicyclic amines) is 1. The van der Waals surface area contributed by atoms with Crippen molar-refractivity contribution in [1.82, 2.24) is 15.2 Å². The molecule has 1 aromatic heterocycles. The molecule has 2 amide bonds. The van der Waals surface area contributed by atoms with Gasteiger partial charge in [-0.05, 0) is 56.4 Å². The molecule has 2 aromatic rings. The fourth-order valence-electron chi connectivity index (χ4n) is 3.92. The third-order valence-electron chi connectivity index (χ3n) is 6.16. The highest BCUT2D eigenvalue weighted by atomic mass is 32.1. The van der Waals surface area contributed by atoms with Gasteiger partial charge in [0.25, 0.3) is 0 Å². The van der Waals surface area contributed by atoms with Crippen molar-refractivity contribution in [2.24, 2.45) is 10.4 Å². The van der Waals surface area contributed by atoms with Crippen LogP contribution in [0.1, 0.15) is 45.6 Å². The Labute approximate surface area is 198 Å². The zero-order valence-corrected chi connectivity index (χ0v) is 20.2. The van der Waals surface area contributed by atoms with Crippen LogP contribution < -0.4 is 10.6 Å². The minimum absolute atomic E-state index is 0.270. The fraction of sp³-hybridized carbons (Fsp3) is 0.417. The first kappa shape index (κ1) is 24.4. The molecule has 1 fully saturated rings. The smallest absolute Gasteiger partial charge is 0.321 e. The van der Waals surface area contributed by atoms with Gasteiger partial charge in [0.1, 0.15) is 5.82 Å². The van der Waals surface area contributed by atoms with E-state index in [9.17, 15) is 14.7 Å². The van der Waals surface area contributed by atoms with E-state index in [0.717, 1.165) is 21.4 Å². The number of carbonyl (C=O) groups excluding carboxylic acids is 1. The highest BCUT2D eigenvalue weighted by Crippen LogP contribution is 2.36. The number of urea groups is 1. The van der Waals surface area contributed by atoms with Gasteiger partial charge in [0.05, 0.1) is 15.6 Å². The number of nitrogens with one attached hydrogen (secondary N) is 2. The summed E-state index contributed by atoms with van der Waals surface area (Å²) in [6, 6.07) is 5.69. The topological polar surface area (TPSA) is 107 Å². The number of aromatic nitrogens is 1. The molecule has 0 bridgehead atoms. The van der Waals surface area contributed by atoms with Gasteiger partial charge in [-0.2, -0.15) is 0 Å². The molecule has 1 aliphatic rings. The zero-order valence-electron chi connectivity index (χ0n) is 19.4. The van der Waals surface area contributed by atoms with Crippen molar-refractivity contribution < 1.29 is 14.7 Å². The minimum atomic E-state index is -0.711. The number of thiazole rings is 1. The number of hydrogen-bond donors (Lipinski definition) is 3. The lowest BCUT2D eigenvalue weighted by Gasteiger charge is -2.39. The number of piperidine rings is 1. The predicted molar refractivity (Wildman–Crippen MR) is 135 cm³/mol. The summed E-state index contributed by atoms with van der Waals surface area (Å²) >= 11 is 1.42. The van der Waals surface area contributed by atoms with Gasteiger partial charge in [-0.25, -0.2) is 14.8 Å². The van der Waals surface area contributed by atoms with E-state index >= 15 is 0 Å². The molecule has 8 nitrogen and oxygen atoms in total. The van der Waals surface area contributed by atoms with E-state index in [1.165, 1.54) is 11.3 Å². The van der Waals surface area contributed by atoms with Gasteiger partial charge in [0, 0.05) is 25.8 Å². The molecular formula is C24H31N5O3S. The summed E-state index contributed by atoms with van der Waals surface area (Å²) in [7, 11) is 0. The predicted octanol–water partition coefficient (Wildman–Crippen LogP) is 4.96. The van der Waals surface area contributed by atoms with Gasteiger partial charge < -0.3 is 15.3 Å². The highest BCUT2D eigenvalue weighted by Gasteiger charge is 2.40. The highest BCUT2D eigenvalue weighted by molar-refractivity contribution is 7.22. The Hall–Kier alpha value is -3.20. The lowest BCUT2D eigenvalue weighted by molar-refractivity contribution is -0.152. The molecule has 1 aromatic carbocycles. The van der Waals surface area contributed by atoms with E-state index in [1.54, 1.807) is 6.21 Å². The number of rotatable bonds is 8.